The lowest BCUT2D eigenvalue weighted by atomic mass is 10.1. The van der Waals surface area contributed by atoms with E-state index in [1.807, 2.05) is 25.1 Å². The molecule has 0 amide bonds. The Bertz CT molecular complexity index is 508. The number of unbranched alkanes of at least 4 members (excludes halogenated alkanes) is 5. The van der Waals surface area contributed by atoms with E-state index in [1.165, 1.54) is 31.8 Å². The van der Waals surface area contributed by atoms with Gasteiger partial charge < -0.3 is 14.2 Å². The number of carbonyl (C=O) groups is 1. The van der Waals surface area contributed by atoms with Crippen LogP contribution in [0.25, 0.3) is 6.08 Å². The van der Waals surface area contributed by atoms with Crippen LogP contribution in [0.2, 0.25) is 0 Å². The second kappa shape index (κ2) is 12.5. The third-order valence-electron chi connectivity index (χ3n) is 3.66. The monoisotopic (exact) mass is 334 g/mol. The van der Waals surface area contributed by atoms with E-state index in [1.54, 1.807) is 13.2 Å². The van der Waals surface area contributed by atoms with Crippen LogP contribution in [0.1, 0.15) is 57.9 Å². The Morgan fingerprint density at radius 1 is 1.08 bits per heavy atom. The summed E-state index contributed by atoms with van der Waals surface area (Å²) in [6.45, 7) is 5.16. The van der Waals surface area contributed by atoms with Crippen LogP contribution in [-0.4, -0.2) is 26.3 Å². The van der Waals surface area contributed by atoms with Crippen LogP contribution in [0.15, 0.2) is 24.3 Å². The highest BCUT2D eigenvalue weighted by Gasteiger charge is 2.04. The molecule has 0 saturated heterocycles. The van der Waals surface area contributed by atoms with Crippen molar-refractivity contribution >= 4 is 12.0 Å². The lowest BCUT2D eigenvalue weighted by Crippen LogP contribution is -2.02. The van der Waals surface area contributed by atoms with E-state index in [2.05, 4.69) is 6.92 Å². The minimum absolute atomic E-state index is 0.318. The minimum Gasteiger partial charge on any atom is -0.497 e. The van der Waals surface area contributed by atoms with Gasteiger partial charge in [-0.1, -0.05) is 39.0 Å². The molecule has 0 spiro atoms. The number of benzene rings is 1. The molecule has 0 unspecified atom stereocenters. The zero-order chi connectivity index (χ0) is 17.6. The van der Waals surface area contributed by atoms with E-state index < -0.39 is 0 Å². The van der Waals surface area contributed by atoms with Gasteiger partial charge in [-0.2, -0.15) is 0 Å². The highest BCUT2D eigenvalue weighted by Crippen LogP contribution is 2.26. The third-order valence-corrected chi connectivity index (χ3v) is 3.66. The molecule has 0 aliphatic heterocycles. The van der Waals surface area contributed by atoms with E-state index in [9.17, 15) is 4.79 Å². The van der Waals surface area contributed by atoms with Gasteiger partial charge in [-0.3, -0.25) is 0 Å². The molecule has 0 fully saturated rings. The Morgan fingerprint density at radius 3 is 2.54 bits per heavy atom. The normalized spacial score (nSPS) is 10.8. The van der Waals surface area contributed by atoms with Crippen LogP contribution in [0.4, 0.5) is 0 Å². The van der Waals surface area contributed by atoms with Crippen molar-refractivity contribution in [3.05, 3.63) is 29.8 Å². The Balaban J connectivity index is 2.40. The first-order chi connectivity index (χ1) is 11.7. The molecule has 24 heavy (non-hydrogen) atoms. The van der Waals surface area contributed by atoms with Crippen LogP contribution in [0.3, 0.4) is 0 Å². The van der Waals surface area contributed by atoms with Crippen LogP contribution in [0.5, 0.6) is 11.5 Å². The molecule has 1 rings (SSSR count). The second-order valence-electron chi connectivity index (χ2n) is 5.61. The number of carbonyl (C=O) groups excluding carboxylic acids is 1. The molecule has 4 heteroatoms. The van der Waals surface area contributed by atoms with Gasteiger partial charge in [0.05, 0.1) is 20.3 Å². The fourth-order valence-corrected chi connectivity index (χ4v) is 2.32. The topological polar surface area (TPSA) is 44.8 Å². The SMILES string of the molecule is CCCCCCCCOC(=O)C=Cc1ccc(OC)cc1OCC. The lowest BCUT2D eigenvalue weighted by molar-refractivity contribution is -0.137. The maximum Gasteiger partial charge on any atom is 0.330 e. The number of methoxy groups -OCH3 is 1. The summed E-state index contributed by atoms with van der Waals surface area (Å²) in [5.74, 6) is 1.10. The molecule has 0 aliphatic carbocycles. The van der Waals surface area contributed by atoms with Crippen LogP contribution in [-0.2, 0) is 9.53 Å². The van der Waals surface area contributed by atoms with E-state index in [-0.39, 0.29) is 5.97 Å². The van der Waals surface area contributed by atoms with E-state index >= 15 is 0 Å². The van der Waals surface area contributed by atoms with Gasteiger partial charge in [-0.05, 0) is 31.6 Å². The molecule has 0 saturated carbocycles. The quantitative estimate of drug-likeness (QED) is 0.306. The van der Waals surface area contributed by atoms with Crippen molar-refractivity contribution in [2.24, 2.45) is 0 Å². The first kappa shape index (κ1) is 20.1. The summed E-state index contributed by atoms with van der Waals surface area (Å²) in [5, 5.41) is 0. The molecular formula is C20H30O4. The van der Waals surface area contributed by atoms with Crippen molar-refractivity contribution in [1.82, 2.24) is 0 Å². The number of hydrogen-bond acceptors (Lipinski definition) is 4. The summed E-state index contributed by atoms with van der Waals surface area (Å²) >= 11 is 0. The Kier molecular flexibility index (Phi) is 10.4. The Morgan fingerprint density at radius 2 is 1.83 bits per heavy atom. The standard InChI is InChI=1S/C20H30O4/c1-4-6-7-8-9-10-15-24-20(21)14-12-17-11-13-18(22-3)16-19(17)23-5-2/h11-14,16H,4-10,15H2,1-3H3. The van der Waals surface area contributed by atoms with Gasteiger partial charge in [0.1, 0.15) is 11.5 Å². The number of rotatable bonds is 12. The summed E-state index contributed by atoms with van der Waals surface area (Å²) in [5.41, 5.74) is 0.828. The molecule has 0 bridgehead atoms. The fourth-order valence-electron chi connectivity index (χ4n) is 2.32. The van der Waals surface area contributed by atoms with E-state index in [0.29, 0.717) is 19.0 Å². The van der Waals surface area contributed by atoms with Crippen molar-refractivity contribution < 1.29 is 19.0 Å². The molecule has 0 heterocycles. The van der Waals surface area contributed by atoms with Gasteiger partial charge >= 0.3 is 5.97 Å². The van der Waals surface area contributed by atoms with Gasteiger partial charge in [0.25, 0.3) is 0 Å². The highest BCUT2D eigenvalue weighted by atomic mass is 16.5. The molecule has 0 aromatic heterocycles. The van der Waals surface area contributed by atoms with Crippen molar-refractivity contribution in [2.75, 3.05) is 20.3 Å². The average Bonchev–Trinajstić information content (AvgIpc) is 2.60. The summed E-state index contributed by atoms with van der Waals surface area (Å²) in [6, 6.07) is 5.51. The van der Waals surface area contributed by atoms with Crippen molar-refractivity contribution in [3.8, 4) is 11.5 Å². The van der Waals surface area contributed by atoms with Gasteiger partial charge in [0, 0.05) is 17.7 Å². The van der Waals surface area contributed by atoms with Crippen LogP contribution >= 0.6 is 0 Å². The molecule has 134 valence electrons. The van der Waals surface area contributed by atoms with E-state index in [4.69, 9.17) is 14.2 Å². The van der Waals surface area contributed by atoms with Crippen LogP contribution in [0, 0.1) is 0 Å². The third kappa shape index (κ3) is 8.04. The van der Waals surface area contributed by atoms with Gasteiger partial charge in [-0.15, -0.1) is 0 Å². The fraction of sp³-hybridized carbons (Fsp3) is 0.550. The number of esters is 1. The molecule has 0 atom stereocenters. The highest BCUT2D eigenvalue weighted by molar-refractivity contribution is 5.87. The first-order valence-corrected chi connectivity index (χ1v) is 8.87. The number of hydrogen-bond donors (Lipinski definition) is 0. The number of ether oxygens (including phenoxy) is 3. The van der Waals surface area contributed by atoms with Crippen molar-refractivity contribution in [2.45, 2.75) is 52.4 Å². The summed E-state index contributed by atoms with van der Waals surface area (Å²) < 4.78 is 16.0. The molecule has 1 aromatic carbocycles. The Hall–Kier alpha value is -1.97. The Labute approximate surface area is 145 Å². The zero-order valence-corrected chi connectivity index (χ0v) is 15.2. The lowest BCUT2D eigenvalue weighted by Gasteiger charge is -2.09. The maximum atomic E-state index is 11.8. The molecule has 0 radical (unpaired) electrons. The van der Waals surface area contributed by atoms with E-state index in [0.717, 1.165) is 24.2 Å². The zero-order valence-electron chi connectivity index (χ0n) is 15.2. The van der Waals surface area contributed by atoms with Gasteiger partial charge in [0.2, 0.25) is 0 Å². The molecular weight excluding hydrogens is 304 g/mol. The summed E-state index contributed by atoms with van der Waals surface area (Å²) in [6.07, 6.45) is 10.2. The van der Waals surface area contributed by atoms with Crippen LogP contribution < -0.4 is 9.47 Å². The smallest absolute Gasteiger partial charge is 0.330 e. The summed E-state index contributed by atoms with van der Waals surface area (Å²) in [4.78, 5) is 11.8. The minimum atomic E-state index is -0.318. The molecule has 1 aromatic rings. The van der Waals surface area contributed by atoms with Crippen molar-refractivity contribution in [3.63, 3.8) is 0 Å². The van der Waals surface area contributed by atoms with Gasteiger partial charge in [0.15, 0.2) is 0 Å². The largest absolute Gasteiger partial charge is 0.497 e. The summed E-state index contributed by atoms with van der Waals surface area (Å²) in [7, 11) is 1.61. The maximum absolute atomic E-state index is 11.8. The molecule has 0 aliphatic rings. The first-order valence-electron chi connectivity index (χ1n) is 8.87. The predicted octanol–water partition coefficient (Wildman–Crippen LogP) is 5.01. The van der Waals surface area contributed by atoms with Crippen molar-refractivity contribution in [1.29, 1.82) is 0 Å². The second-order valence-corrected chi connectivity index (χ2v) is 5.61. The predicted molar refractivity (Wildman–Crippen MR) is 97.5 cm³/mol. The van der Waals surface area contributed by atoms with Gasteiger partial charge in [-0.25, -0.2) is 4.79 Å². The average molecular weight is 334 g/mol. The molecule has 4 nitrogen and oxygen atoms in total. The molecule has 0 N–H and O–H groups in total.